The Labute approximate surface area is 205 Å². The van der Waals surface area contributed by atoms with E-state index in [4.69, 9.17) is 4.74 Å². The van der Waals surface area contributed by atoms with E-state index in [1.54, 1.807) is 0 Å². The van der Waals surface area contributed by atoms with Gasteiger partial charge in [-0.15, -0.1) is 13.2 Å². The van der Waals surface area contributed by atoms with Crippen LogP contribution in [0.1, 0.15) is 11.7 Å². The normalized spacial score (nSPS) is 13.2. The number of benzene rings is 2. The van der Waals surface area contributed by atoms with Crippen molar-refractivity contribution in [2.75, 3.05) is 4.72 Å². The number of aromatic nitrogens is 3. The zero-order valence-electron chi connectivity index (χ0n) is 18.2. The number of hydrogen-bond acceptors (Lipinski definition) is 7. The van der Waals surface area contributed by atoms with Crippen molar-refractivity contribution in [1.82, 2.24) is 15.0 Å². The Morgan fingerprint density at radius 1 is 0.838 bits per heavy atom. The van der Waals surface area contributed by atoms with Crippen LogP contribution in [0.25, 0.3) is 11.0 Å². The van der Waals surface area contributed by atoms with Gasteiger partial charge in [0.25, 0.3) is 15.9 Å². The molecular weight excluding hydrogens is 530 g/mol. The Hall–Kier alpha value is -4.14. The van der Waals surface area contributed by atoms with Gasteiger partial charge in [-0.1, -0.05) is 30.3 Å². The summed E-state index contributed by atoms with van der Waals surface area (Å²) in [5.41, 5.74) is -0.284. The zero-order valence-corrected chi connectivity index (χ0v) is 19.0. The Kier molecular flexibility index (Phi) is 6.82. The van der Waals surface area contributed by atoms with Crippen LogP contribution in [0.3, 0.4) is 0 Å². The van der Waals surface area contributed by atoms with E-state index in [1.165, 1.54) is 36.5 Å². The number of para-hydroxylation sites is 3. The molecule has 2 aromatic heterocycles. The van der Waals surface area contributed by atoms with Crippen molar-refractivity contribution in [3.8, 4) is 11.6 Å². The van der Waals surface area contributed by atoms with Crippen molar-refractivity contribution in [2.45, 2.75) is 23.5 Å². The van der Waals surface area contributed by atoms with Crippen LogP contribution >= 0.6 is 0 Å². The molecule has 0 amide bonds. The molecule has 4 aromatic rings. The zero-order chi connectivity index (χ0) is 26.8. The first-order valence-electron chi connectivity index (χ1n) is 10.1. The van der Waals surface area contributed by atoms with Crippen molar-refractivity contribution in [1.29, 1.82) is 0 Å². The van der Waals surface area contributed by atoms with E-state index < -0.39 is 56.6 Å². The highest BCUT2D eigenvalue weighted by Gasteiger charge is 2.44. The molecule has 2 heterocycles. The van der Waals surface area contributed by atoms with Gasteiger partial charge in [0.15, 0.2) is 0 Å². The predicted molar refractivity (Wildman–Crippen MR) is 117 cm³/mol. The third kappa shape index (κ3) is 6.17. The first-order valence-corrected chi connectivity index (χ1v) is 11.6. The van der Waals surface area contributed by atoms with Crippen LogP contribution in [0.2, 0.25) is 0 Å². The monoisotopic (exact) mass is 544 g/mol. The molecule has 0 radical (unpaired) electrons. The highest BCUT2D eigenvalue weighted by molar-refractivity contribution is 7.92. The van der Waals surface area contributed by atoms with Crippen LogP contribution in [0, 0.1) is 0 Å². The van der Waals surface area contributed by atoms with Gasteiger partial charge in [-0.3, -0.25) is 9.71 Å². The fourth-order valence-corrected chi connectivity index (χ4v) is 4.29. The van der Waals surface area contributed by atoms with Gasteiger partial charge in [-0.05, 0) is 30.3 Å². The number of sulfonamides is 1. The van der Waals surface area contributed by atoms with E-state index >= 15 is 0 Å². The minimum Gasteiger partial charge on any atom is -0.457 e. The van der Waals surface area contributed by atoms with Gasteiger partial charge in [0.1, 0.15) is 10.6 Å². The van der Waals surface area contributed by atoms with Gasteiger partial charge in [0, 0.05) is 18.0 Å². The summed E-state index contributed by atoms with van der Waals surface area (Å²) in [7, 11) is -4.89. The van der Waals surface area contributed by atoms with Crippen molar-refractivity contribution in [2.24, 2.45) is 0 Å². The maximum atomic E-state index is 13.9. The third-order valence-corrected chi connectivity index (χ3v) is 6.03. The second-order valence-electron chi connectivity index (χ2n) is 7.29. The Morgan fingerprint density at radius 3 is 2.11 bits per heavy atom. The number of anilines is 1. The maximum Gasteiger partial charge on any atom is 0.573 e. The highest BCUT2D eigenvalue weighted by Crippen LogP contribution is 2.39. The van der Waals surface area contributed by atoms with Crippen LogP contribution in [-0.4, -0.2) is 35.9 Å². The van der Waals surface area contributed by atoms with Crippen LogP contribution in [0.4, 0.5) is 32.2 Å². The van der Waals surface area contributed by atoms with Crippen LogP contribution in [0.15, 0.2) is 78.0 Å². The van der Waals surface area contributed by atoms with Crippen molar-refractivity contribution in [3.63, 3.8) is 0 Å². The molecule has 2 aromatic carbocycles. The minimum atomic E-state index is -5.22. The molecule has 194 valence electrons. The number of alkyl halides is 6. The lowest BCUT2D eigenvalue weighted by molar-refractivity contribution is -0.275. The third-order valence-electron chi connectivity index (χ3n) is 4.65. The fraction of sp³-hybridized carbons (Fsp3) is 0.136. The number of pyridine rings is 1. The number of nitrogens with zero attached hydrogens (tertiary/aromatic N) is 3. The second-order valence-corrected chi connectivity index (χ2v) is 8.94. The summed E-state index contributed by atoms with van der Waals surface area (Å²) in [5.74, 6) is -2.73. The van der Waals surface area contributed by atoms with Crippen LogP contribution in [-0.2, 0) is 10.0 Å². The molecule has 0 fully saturated rings. The summed E-state index contributed by atoms with van der Waals surface area (Å²) in [6, 6.07) is 11.9. The largest absolute Gasteiger partial charge is 0.573 e. The molecule has 1 atom stereocenters. The van der Waals surface area contributed by atoms with Gasteiger partial charge in [0.05, 0.1) is 11.0 Å². The van der Waals surface area contributed by atoms with E-state index in [-0.39, 0.29) is 11.0 Å². The van der Waals surface area contributed by atoms with Gasteiger partial charge < -0.3 is 9.47 Å². The number of ether oxygens (including phenoxy) is 2. The van der Waals surface area contributed by atoms with E-state index in [2.05, 4.69) is 19.7 Å². The molecule has 0 spiro atoms. The van der Waals surface area contributed by atoms with Gasteiger partial charge >= 0.3 is 12.5 Å². The lowest BCUT2D eigenvalue weighted by Crippen LogP contribution is -2.27. The number of hydrogen-bond donors (Lipinski definition) is 1. The highest BCUT2D eigenvalue weighted by atomic mass is 32.2. The van der Waals surface area contributed by atoms with Crippen LogP contribution < -0.4 is 14.2 Å². The standard InChI is InChI=1S/C22H14F6N4O4S/c23-21(24,25)18(13-6-5-11-29-12-13)35-20-19(30-14-7-1-2-8-15(14)31-20)32-37(33,34)17-10-4-3-9-16(17)36-22(26,27)28/h1-12,18H,(H,30,32). The van der Waals surface area contributed by atoms with Crippen molar-refractivity contribution in [3.05, 3.63) is 78.6 Å². The first-order chi connectivity index (χ1) is 17.3. The minimum absolute atomic E-state index is 0.0633. The van der Waals surface area contributed by atoms with Gasteiger partial charge in [-0.25, -0.2) is 18.4 Å². The number of rotatable bonds is 7. The molecule has 37 heavy (non-hydrogen) atoms. The molecule has 1 N–H and O–H groups in total. The molecule has 0 aliphatic heterocycles. The Bertz CT molecular complexity index is 1520. The molecule has 0 saturated carbocycles. The first kappa shape index (κ1) is 25.9. The molecule has 0 aliphatic rings. The average molecular weight is 544 g/mol. The molecule has 0 saturated heterocycles. The molecule has 15 heteroatoms. The van der Waals surface area contributed by atoms with Crippen molar-refractivity contribution >= 4 is 26.9 Å². The molecule has 0 aliphatic carbocycles. The lowest BCUT2D eigenvalue weighted by Gasteiger charge is -2.22. The SMILES string of the molecule is O=S(=O)(Nc1nc2ccccc2nc1OC(c1cccnc1)C(F)(F)F)c1ccccc1OC(F)(F)F. The summed E-state index contributed by atoms with van der Waals surface area (Å²) in [6.45, 7) is 0. The Morgan fingerprint density at radius 2 is 1.49 bits per heavy atom. The summed E-state index contributed by atoms with van der Waals surface area (Å²) >= 11 is 0. The van der Waals surface area contributed by atoms with E-state index in [0.717, 1.165) is 36.5 Å². The Balaban J connectivity index is 1.80. The summed E-state index contributed by atoms with van der Waals surface area (Å²) in [6.07, 6.45) is -10.7. The molecular formula is C22H14F6N4O4S. The molecule has 8 nitrogen and oxygen atoms in total. The average Bonchev–Trinajstić information content (AvgIpc) is 2.81. The maximum absolute atomic E-state index is 13.9. The second kappa shape index (κ2) is 9.72. The summed E-state index contributed by atoms with van der Waals surface area (Å²) in [5, 5.41) is 0. The number of fused-ring (bicyclic) bond motifs is 1. The molecule has 0 bridgehead atoms. The van der Waals surface area contributed by atoms with E-state index in [0.29, 0.717) is 0 Å². The van der Waals surface area contributed by atoms with Crippen molar-refractivity contribution < 1.29 is 44.2 Å². The molecule has 4 rings (SSSR count). The smallest absolute Gasteiger partial charge is 0.457 e. The van der Waals surface area contributed by atoms with E-state index in [1.807, 2.05) is 4.72 Å². The summed E-state index contributed by atoms with van der Waals surface area (Å²) < 4.78 is 117. The quantitative estimate of drug-likeness (QED) is 0.311. The fourth-order valence-electron chi connectivity index (χ4n) is 3.16. The lowest BCUT2D eigenvalue weighted by atomic mass is 10.1. The topological polar surface area (TPSA) is 103 Å². The van der Waals surface area contributed by atoms with Gasteiger partial charge in [-0.2, -0.15) is 13.2 Å². The predicted octanol–water partition coefficient (Wildman–Crippen LogP) is 5.41. The van der Waals surface area contributed by atoms with E-state index in [9.17, 15) is 34.8 Å². The number of halogens is 6. The van der Waals surface area contributed by atoms with Crippen LogP contribution in [0.5, 0.6) is 11.6 Å². The molecule has 1 unspecified atom stereocenters. The number of nitrogens with one attached hydrogen (secondary N) is 1. The van der Waals surface area contributed by atoms with Gasteiger partial charge in [0.2, 0.25) is 11.9 Å². The summed E-state index contributed by atoms with van der Waals surface area (Å²) in [4.78, 5) is 10.7.